The van der Waals surface area contributed by atoms with Gasteiger partial charge in [-0.15, -0.1) is 0 Å². The van der Waals surface area contributed by atoms with Gasteiger partial charge < -0.3 is 25.1 Å². The van der Waals surface area contributed by atoms with E-state index in [4.69, 9.17) is 9.15 Å². The number of carbonyl (C=O) groups excluding carboxylic acids is 3. The minimum atomic E-state index is -0.647. The van der Waals surface area contributed by atoms with E-state index in [-0.39, 0.29) is 24.2 Å². The second kappa shape index (κ2) is 10.0. The highest BCUT2D eigenvalue weighted by molar-refractivity contribution is 6.02. The first-order chi connectivity index (χ1) is 13.0. The summed E-state index contributed by atoms with van der Waals surface area (Å²) in [5.74, 6) is -0.449. The Morgan fingerprint density at radius 3 is 2.70 bits per heavy atom. The summed E-state index contributed by atoms with van der Waals surface area (Å²) in [4.78, 5) is 35.6. The number of carbonyl (C=O) groups is 3. The van der Waals surface area contributed by atoms with Gasteiger partial charge in [0.2, 0.25) is 5.91 Å². The molecule has 1 unspecified atom stereocenters. The summed E-state index contributed by atoms with van der Waals surface area (Å²) in [6.45, 7) is 3.86. The van der Waals surface area contributed by atoms with Crippen LogP contribution in [0.3, 0.4) is 0 Å². The topological polar surface area (TPSA) is 110 Å². The van der Waals surface area contributed by atoms with Crippen LogP contribution in [0.15, 0.2) is 47.1 Å². The largest absolute Gasteiger partial charge is 0.484 e. The first-order valence-corrected chi connectivity index (χ1v) is 8.64. The van der Waals surface area contributed by atoms with Gasteiger partial charge >= 0.3 is 0 Å². The molecule has 0 saturated carbocycles. The monoisotopic (exact) mass is 373 g/mol. The van der Waals surface area contributed by atoms with Crippen molar-refractivity contribution in [2.75, 3.05) is 18.5 Å². The molecule has 3 N–H and O–H groups in total. The maximum Gasteiger partial charge on any atom is 0.291 e. The Morgan fingerprint density at radius 2 is 2.00 bits per heavy atom. The van der Waals surface area contributed by atoms with Gasteiger partial charge in [-0.25, -0.2) is 0 Å². The van der Waals surface area contributed by atoms with E-state index in [0.29, 0.717) is 18.0 Å². The summed E-state index contributed by atoms with van der Waals surface area (Å²) in [6, 6.07) is 9.15. The molecule has 1 heterocycles. The van der Waals surface area contributed by atoms with Crippen LogP contribution in [0.4, 0.5) is 5.69 Å². The van der Waals surface area contributed by atoms with E-state index >= 15 is 0 Å². The fourth-order valence-electron chi connectivity index (χ4n) is 2.16. The van der Waals surface area contributed by atoms with Crippen molar-refractivity contribution in [1.82, 2.24) is 10.6 Å². The summed E-state index contributed by atoms with van der Waals surface area (Å²) in [7, 11) is 0. The molecule has 0 aliphatic rings. The molecule has 0 bridgehead atoms. The molecular formula is C19H23N3O5. The molecule has 0 fully saturated rings. The summed E-state index contributed by atoms with van der Waals surface area (Å²) in [6.07, 6.45) is 2.24. The normalized spacial score (nSPS) is 11.3. The standard InChI is InChI=1S/C19H23N3O5/c1-3-9-20-18(24)13(2)21-17(23)12-27-15-7-4-6-14(11-15)22-19(25)16-8-5-10-26-16/h4-8,10-11,13H,3,9,12H2,1-2H3,(H,20,24)(H,21,23)(H,22,25). The molecule has 0 aliphatic carbocycles. The minimum absolute atomic E-state index is 0.191. The van der Waals surface area contributed by atoms with E-state index in [2.05, 4.69) is 16.0 Å². The van der Waals surface area contributed by atoms with Crippen LogP contribution in [0.2, 0.25) is 0 Å². The molecule has 0 aliphatic heterocycles. The van der Waals surface area contributed by atoms with Crippen molar-refractivity contribution in [3.63, 3.8) is 0 Å². The number of ether oxygens (including phenoxy) is 1. The van der Waals surface area contributed by atoms with Crippen molar-refractivity contribution in [2.45, 2.75) is 26.3 Å². The molecule has 2 rings (SSSR count). The predicted octanol–water partition coefficient (Wildman–Crippen LogP) is 1.94. The third-order valence-corrected chi connectivity index (χ3v) is 3.53. The molecule has 8 nitrogen and oxygen atoms in total. The second-order valence-electron chi connectivity index (χ2n) is 5.83. The third-order valence-electron chi connectivity index (χ3n) is 3.53. The van der Waals surface area contributed by atoms with Gasteiger partial charge in [-0.3, -0.25) is 14.4 Å². The first kappa shape index (κ1) is 20.0. The Morgan fingerprint density at radius 1 is 1.19 bits per heavy atom. The molecule has 144 valence electrons. The second-order valence-corrected chi connectivity index (χ2v) is 5.83. The highest BCUT2D eigenvalue weighted by Gasteiger charge is 2.15. The van der Waals surface area contributed by atoms with Crippen LogP contribution in [0.25, 0.3) is 0 Å². The number of hydrogen-bond acceptors (Lipinski definition) is 5. The SMILES string of the molecule is CCCNC(=O)C(C)NC(=O)COc1cccc(NC(=O)c2ccco2)c1. The molecule has 1 aromatic carbocycles. The van der Waals surface area contributed by atoms with Gasteiger partial charge in [0.15, 0.2) is 12.4 Å². The van der Waals surface area contributed by atoms with E-state index in [1.165, 1.54) is 6.26 Å². The van der Waals surface area contributed by atoms with Crippen LogP contribution in [-0.4, -0.2) is 36.9 Å². The van der Waals surface area contributed by atoms with Gasteiger partial charge in [0, 0.05) is 18.3 Å². The van der Waals surface area contributed by atoms with E-state index in [1.54, 1.807) is 43.3 Å². The molecule has 3 amide bonds. The van der Waals surface area contributed by atoms with Gasteiger partial charge in [-0.05, 0) is 37.6 Å². The molecule has 2 aromatic rings. The maximum atomic E-state index is 12.0. The number of hydrogen-bond donors (Lipinski definition) is 3. The summed E-state index contributed by atoms with van der Waals surface area (Å²) >= 11 is 0. The van der Waals surface area contributed by atoms with Crippen molar-refractivity contribution in [3.8, 4) is 5.75 Å². The average molecular weight is 373 g/mol. The number of benzene rings is 1. The summed E-state index contributed by atoms with van der Waals surface area (Å²) in [5, 5.41) is 7.95. The lowest BCUT2D eigenvalue weighted by Gasteiger charge is -2.14. The van der Waals surface area contributed by atoms with E-state index < -0.39 is 11.9 Å². The number of anilines is 1. The summed E-state index contributed by atoms with van der Waals surface area (Å²) in [5.41, 5.74) is 0.501. The van der Waals surface area contributed by atoms with Crippen LogP contribution >= 0.6 is 0 Å². The lowest BCUT2D eigenvalue weighted by Crippen LogP contribution is -2.46. The Labute approximate surface area is 157 Å². The van der Waals surface area contributed by atoms with Crippen molar-refractivity contribution < 1.29 is 23.5 Å². The van der Waals surface area contributed by atoms with Crippen molar-refractivity contribution in [1.29, 1.82) is 0 Å². The number of nitrogens with one attached hydrogen (secondary N) is 3. The number of amides is 3. The number of rotatable bonds is 9. The molecule has 0 radical (unpaired) electrons. The van der Waals surface area contributed by atoms with Gasteiger partial charge in [-0.1, -0.05) is 13.0 Å². The zero-order valence-corrected chi connectivity index (χ0v) is 15.3. The molecule has 1 aromatic heterocycles. The average Bonchev–Trinajstić information content (AvgIpc) is 3.19. The van der Waals surface area contributed by atoms with Gasteiger partial charge in [0.05, 0.1) is 6.26 Å². The van der Waals surface area contributed by atoms with Crippen LogP contribution in [0, 0.1) is 0 Å². The van der Waals surface area contributed by atoms with Gasteiger partial charge in [0.25, 0.3) is 11.8 Å². The molecule has 8 heteroatoms. The lowest BCUT2D eigenvalue weighted by molar-refractivity contribution is -0.129. The van der Waals surface area contributed by atoms with Crippen LogP contribution < -0.4 is 20.7 Å². The van der Waals surface area contributed by atoms with Gasteiger partial charge in [0.1, 0.15) is 11.8 Å². The van der Waals surface area contributed by atoms with Gasteiger partial charge in [-0.2, -0.15) is 0 Å². The third kappa shape index (κ3) is 6.50. The van der Waals surface area contributed by atoms with E-state index in [1.807, 2.05) is 6.92 Å². The maximum absolute atomic E-state index is 12.0. The Kier molecular flexibility index (Phi) is 7.42. The lowest BCUT2D eigenvalue weighted by atomic mass is 10.3. The quantitative estimate of drug-likeness (QED) is 0.622. The minimum Gasteiger partial charge on any atom is -0.484 e. The van der Waals surface area contributed by atoms with Crippen LogP contribution in [0.1, 0.15) is 30.8 Å². The van der Waals surface area contributed by atoms with E-state index in [0.717, 1.165) is 6.42 Å². The fraction of sp³-hybridized carbons (Fsp3) is 0.316. The predicted molar refractivity (Wildman–Crippen MR) is 99.5 cm³/mol. The van der Waals surface area contributed by atoms with Crippen molar-refractivity contribution >= 4 is 23.4 Å². The van der Waals surface area contributed by atoms with Crippen molar-refractivity contribution in [3.05, 3.63) is 48.4 Å². The Balaban J connectivity index is 1.82. The fourth-order valence-corrected chi connectivity index (χ4v) is 2.16. The molecule has 0 saturated heterocycles. The highest BCUT2D eigenvalue weighted by atomic mass is 16.5. The van der Waals surface area contributed by atoms with E-state index in [9.17, 15) is 14.4 Å². The summed E-state index contributed by atoms with van der Waals surface area (Å²) < 4.78 is 10.5. The molecule has 27 heavy (non-hydrogen) atoms. The highest BCUT2D eigenvalue weighted by Crippen LogP contribution is 2.18. The van der Waals surface area contributed by atoms with Crippen molar-refractivity contribution in [2.24, 2.45) is 0 Å². The Bertz CT molecular complexity index is 773. The smallest absolute Gasteiger partial charge is 0.291 e. The molecule has 1 atom stereocenters. The zero-order valence-electron chi connectivity index (χ0n) is 15.3. The first-order valence-electron chi connectivity index (χ1n) is 8.64. The van der Waals surface area contributed by atoms with Crippen LogP contribution in [-0.2, 0) is 9.59 Å². The van der Waals surface area contributed by atoms with Crippen LogP contribution in [0.5, 0.6) is 5.75 Å². The zero-order chi connectivity index (χ0) is 19.6. The molecule has 0 spiro atoms. The number of furan rings is 1. The molecular weight excluding hydrogens is 350 g/mol. The Hall–Kier alpha value is -3.29.